The quantitative estimate of drug-likeness (QED) is 0.733. The normalized spacial score (nSPS) is 10.8. The molecule has 0 saturated carbocycles. The number of hydrogen-bond donors (Lipinski definition) is 1. The zero-order valence-electron chi connectivity index (χ0n) is 12.2. The van der Waals surface area contributed by atoms with Gasteiger partial charge in [-0.2, -0.15) is 0 Å². The van der Waals surface area contributed by atoms with Crippen LogP contribution in [0.4, 0.5) is 0 Å². The lowest BCUT2D eigenvalue weighted by Crippen LogP contribution is -2.16. The molecule has 1 amide bonds. The van der Waals surface area contributed by atoms with Crippen LogP contribution in [0.5, 0.6) is 0 Å². The molecule has 23 heavy (non-hydrogen) atoms. The Morgan fingerprint density at radius 3 is 2.65 bits per heavy atom. The van der Waals surface area contributed by atoms with Gasteiger partial charge in [0.1, 0.15) is 5.03 Å². The second kappa shape index (κ2) is 7.76. The Hall–Kier alpha value is -2.37. The minimum atomic E-state index is -0.110. The average Bonchev–Trinajstić information content (AvgIpc) is 3.04. The summed E-state index contributed by atoms with van der Waals surface area (Å²) in [5.74, 6) is -0.110. The Morgan fingerprint density at radius 2 is 1.87 bits per heavy atom. The van der Waals surface area contributed by atoms with Gasteiger partial charge in [-0.15, -0.1) is 11.3 Å². The first-order valence-electron chi connectivity index (χ1n) is 7.02. The topological polar surface area (TPSA) is 42.0 Å². The molecule has 0 spiro atoms. The number of carbonyl (C=O) groups is 1. The van der Waals surface area contributed by atoms with Crippen molar-refractivity contribution in [3.8, 4) is 0 Å². The van der Waals surface area contributed by atoms with Crippen LogP contribution in [0.3, 0.4) is 0 Å². The fourth-order valence-electron chi connectivity index (χ4n) is 1.86. The van der Waals surface area contributed by atoms with E-state index in [4.69, 9.17) is 0 Å². The lowest BCUT2D eigenvalue weighted by Gasteiger charge is -1.98. The Bertz CT molecular complexity index is 798. The van der Waals surface area contributed by atoms with Gasteiger partial charge in [0, 0.05) is 22.8 Å². The summed E-state index contributed by atoms with van der Waals surface area (Å²) in [6.45, 7) is 0. The van der Waals surface area contributed by atoms with Crippen LogP contribution < -0.4 is 5.32 Å². The summed E-state index contributed by atoms with van der Waals surface area (Å²) < 4.78 is 1.16. The van der Waals surface area contributed by atoms with Gasteiger partial charge in [-0.3, -0.25) is 4.79 Å². The van der Waals surface area contributed by atoms with E-state index in [1.807, 2.05) is 48.5 Å². The van der Waals surface area contributed by atoms with E-state index in [9.17, 15) is 4.79 Å². The molecule has 2 aromatic heterocycles. The Balaban J connectivity index is 1.57. The van der Waals surface area contributed by atoms with E-state index >= 15 is 0 Å². The van der Waals surface area contributed by atoms with Crippen molar-refractivity contribution in [2.45, 2.75) is 9.24 Å². The third kappa shape index (κ3) is 4.55. The third-order valence-corrected chi connectivity index (χ3v) is 5.08. The molecule has 5 heteroatoms. The van der Waals surface area contributed by atoms with Crippen LogP contribution in [0.1, 0.15) is 15.2 Å². The lowest BCUT2D eigenvalue weighted by atomic mass is 10.2. The highest BCUT2D eigenvalue weighted by Gasteiger charge is 2.03. The number of pyridine rings is 1. The maximum Gasteiger partial charge on any atom is 0.255 e. The van der Waals surface area contributed by atoms with Gasteiger partial charge in [0.25, 0.3) is 5.91 Å². The Labute approximate surface area is 143 Å². The first-order valence-corrected chi connectivity index (χ1v) is 8.66. The number of nitrogens with zero attached hydrogens (tertiary/aromatic N) is 1. The highest BCUT2D eigenvalue weighted by molar-refractivity contribution is 8.01. The van der Waals surface area contributed by atoms with Gasteiger partial charge < -0.3 is 5.32 Å². The van der Waals surface area contributed by atoms with E-state index in [-0.39, 0.29) is 5.91 Å². The highest BCUT2D eigenvalue weighted by atomic mass is 32.2. The number of benzene rings is 1. The molecular weight excluding hydrogens is 324 g/mol. The van der Waals surface area contributed by atoms with Crippen molar-refractivity contribution in [2.24, 2.45) is 0 Å². The van der Waals surface area contributed by atoms with E-state index in [1.54, 1.807) is 47.6 Å². The number of amides is 1. The smallest absolute Gasteiger partial charge is 0.255 e. The summed E-state index contributed by atoms with van der Waals surface area (Å²) in [6.07, 6.45) is 5.36. The lowest BCUT2D eigenvalue weighted by molar-refractivity contribution is 0.0970. The van der Waals surface area contributed by atoms with Crippen molar-refractivity contribution in [1.29, 1.82) is 0 Å². The fraction of sp³-hybridized carbons (Fsp3) is 0. The summed E-state index contributed by atoms with van der Waals surface area (Å²) in [5, 5.41) is 3.75. The summed E-state index contributed by atoms with van der Waals surface area (Å²) in [4.78, 5) is 17.3. The van der Waals surface area contributed by atoms with Crippen LogP contribution in [0, 0.1) is 0 Å². The molecule has 3 nitrogen and oxygen atoms in total. The van der Waals surface area contributed by atoms with Gasteiger partial charge in [0.15, 0.2) is 0 Å². The summed E-state index contributed by atoms with van der Waals surface area (Å²) in [6, 6.07) is 19.1. The second-order valence-electron chi connectivity index (χ2n) is 4.60. The van der Waals surface area contributed by atoms with Crippen LogP contribution in [0.25, 0.3) is 6.08 Å². The number of rotatable bonds is 5. The molecule has 0 radical (unpaired) electrons. The minimum Gasteiger partial charge on any atom is -0.329 e. The van der Waals surface area contributed by atoms with Gasteiger partial charge in [-0.1, -0.05) is 36.0 Å². The van der Waals surface area contributed by atoms with E-state index in [1.165, 1.54) is 0 Å². The van der Waals surface area contributed by atoms with Crippen LogP contribution in [-0.4, -0.2) is 10.9 Å². The maximum absolute atomic E-state index is 11.9. The fourth-order valence-corrected chi connectivity index (χ4v) is 3.82. The molecule has 0 atom stereocenters. The summed E-state index contributed by atoms with van der Waals surface area (Å²) in [5.41, 5.74) is 0.648. The van der Waals surface area contributed by atoms with Crippen molar-refractivity contribution in [2.75, 3.05) is 0 Å². The number of aromatic nitrogens is 1. The number of nitrogens with one attached hydrogen (secondary N) is 1. The Kier molecular flexibility index (Phi) is 5.24. The van der Waals surface area contributed by atoms with Crippen molar-refractivity contribution in [3.63, 3.8) is 0 Å². The standard InChI is InChI=1S/C18H14N2OS2/c21-18(14-6-2-1-3-7-14)20-13-11-15-9-10-17(22-15)23-16-8-4-5-12-19-16/h1-13H,(H,20,21)/b13-11+. The molecule has 0 aliphatic heterocycles. The van der Waals surface area contributed by atoms with E-state index in [2.05, 4.69) is 16.4 Å². The molecule has 1 N–H and O–H groups in total. The van der Waals surface area contributed by atoms with Crippen LogP contribution in [0.2, 0.25) is 0 Å². The largest absolute Gasteiger partial charge is 0.329 e. The van der Waals surface area contributed by atoms with Crippen molar-refractivity contribution in [3.05, 3.63) is 83.5 Å². The molecule has 2 heterocycles. The minimum absolute atomic E-state index is 0.110. The maximum atomic E-state index is 11.9. The van der Waals surface area contributed by atoms with Crippen LogP contribution >= 0.6 is 23.1 Å². The zero-order chi connectivity index (χ0) is 15.9. The molecule has 3 aromatic rings. The first-order chi connectivity index (χ1) is 11.3. The first kappa shape index (κ1) is 15.5. The van der Waals surface area contributed by atoms with E-state index < -0.39 is 0 Å². The average molecular weight is 338 g/mol. The summed E-state index contributed by atoms with van der Waals surface area (Å²) >= 11 is 3.29. The predicted molar refractivity (Wildman–Crippen MR) is 95.6 cm³/mol. The molecule has 0 aliphatic carbocycles. The molecule has 0 fully saturated rings. The molecular formula is C18H14N2OS2. The molecule has 0 bridgehead atoms. The van der Waals surface area contributed by atoms with Crippen molar-refractivity contribution in [1.82, 2.24) is 10.3 Å². The molecule has 0 aliphatic rings. The zero-order valence-corrected chi connectivity index (χ0v) is 13.8. The van der Waals surface area contributed by atoms with Gasteiger partial charge in [-0.05, 0) is 42.5 Å². The number of carbonyl (C=O) groups excluding carboxylic acids is 1. The highest BCUT2D eigenvalue weighted by Crippen LogP contribution is 2.32. The van der Waals surface area contributed by atoms with Gasteiger partial charge in [0.2, 0.25) is 0 Å². The van der Waals surface area contributed by atoms with Crippen LogP contribution in [-0.2, 0) is 0 Å². The molecule has 3 rings (SSSR count). The molecule has 114 valence electrons. The summed E-state index contributed by atoms with van der Waals surface area (Å²) in [7, 11) is 0. The van der Waals surface area contributed by atoms with Crippen molar-refractivity contribution >= 4 is 35.1 Å². The molecule has 0 unspecified atom stereocenters. The van der Waals surface area contributed by atoms with Crippen molar-refractivity contribution < 1.29 is 4.79 Å². The SMILES string of the molecule is O=C(N/C=C/c1ccc(Sc2ccccn2)s1)c1ccccc1. The second-order valence-corrected chi connectivity index (χ2v) is 7.04. The number of hydrogen-bond acceptors (Lipinski definition) is 4. The van der Waals surface area contributed by atoms with Gasteiger partial charge in [-0.25, -0.2) is 4.98 Å². The molecule has 1 aromatic carbocycles. The van der Waals surface area contributed by atoms with E-state index in [0.717, 1.165) is 14.1 Å². The monoisotopic (exact) mass is 338 g/mol. The van der Waals surface area contributed by atoms with Gasteiger partial charge >= 0.3 is 0 Å². The van der Waals surface area contributed by atoms with Gasteiger partial charge in [0.05, 0.1) is 4.21 Å². The Morgan fingerprint density at radius 1 is 1.04 bits per heavy atom. The van der Waals surface area contributed by atoms with Crippen LogP contribution in [0.15, 0.2) is 82.3 Å². The van der Waals surface area contributed by atoms with E-state index in [0.29, 0.717) is 5.56 Å². The molecule has 0 saturated heterocycles. The predicted octanol–water partition coefficient (Wildman–Crippen LogP) is 4.70. The number of thiophene rings is 1. The third-order valence-electron chi connectivity index (χ3n) is 2.94.